The van der Waals surface area contributed by atoms with E-state index in [1.165, 1.54) is 12.4 Å². The van der Waals surface area contributed by atoms with Crippen LogP contribution in [0.5, 0.6) is 0 Å². The van der Waals surface area contributed by atoms with Crippen molar-refractivity contribution in [2.24, 2.45) is 11.8 Å². The molecule has 14 heteroatoms. The number of nitrogens with one attached hydrogen (secondary N) is 1. The van der Waals surface area contributed by atoms with Gasteiger partial charge in [-0.05, 0) is 80.2 Å². The number of amides is 3. The van der Waals surface area contributed by atoms with Gasteiger partial charge in [0, 0.05) is 25.0 Å². The lowest BCUT2D eigenvalue weighted by atomic mass is 9.84. The zero-order valence-electron chi connectivity index (χ0n) is 25.5. The first-order chi connectivity index (χ1) is 18.5. The third-order valence-corrected chi connectivity index (χ3v) is 6.58. The zero-order chi connectivity index (χ0) is 31.6. The molecule has 3 atom stereocenters. The van der Waals surface area contributed by atoms with Crippen molar-refractivity contribution in [2.75, 3.05) is 28.6 Å². The van der Waals surface area contributed by atoms with E-state index in [2.05, 4.69) is 10.3 Å². The van der Waals surface area contributed by atoms with Crippen molar-refractivity contribution in [1.29, 1.82) is 0 Å². The summed E-state index contributed by atoms with van der Waals surface area (Å²) in [6, 6.07) is 0.758. The predicted molar refractivity (Wildman–Crippen MR) is 152 cm³/mol. The summed E-state index contributed by atoms with van der Waals surface area (Å²) >= 11 is 0. The van der Waals surface area contributed by atoms with E-state index in [1.807, 2.05) is 0 Å². The van der Waals surface area contributed by atoms with Gasteiger partial charge in [-0.1, -0.05) is 6.92 Å². The van der Waals surface area contributed by atoms with Gasteiger partial charge < -0.3 is 29.0 Å². The van der Waals surface area contributed by atoms with Gasteiger partial charge in [0.15, 0.2) is 0 Å². The summed E-state index contributed by atoms with van der Waals surface area (Å²) in [5, 5.41) is 2.72. The number of carbonyl (C=O) groups excluding carboxylic acids is 3. The van der Waals surface area contributed by atoms with E-state index in [9.17, 15) is 27.4 Å². The lowest BCUT2D eigenvalue weighted by molar-refractivity contribution is 0.0427. The molecule has 1 N–H and O–H groups in total. The summed E-state index contributed by atoms with van der Waals surface area (Å²) in [4.78, 5) is 46.0. The van der Waals surface area contributed by atoms with Gasteiger partial charge in [0.25, 0.3) is 0 Å². The van der Waals surface area contributed by atoms with Crippen LogP contribution in [0.25, 0.3) is 0 Å². The number of pyridine rings is 1. The summed E-state index contributed by atoms with van der Waals surface area (Å²) < 4.78 is 51.6. The first kappa shape index (κ1) is 34.1. The minimum Gasteiger partial charge on any atom is -0.748 e. The van der Waals surface area contributed by atoms with Gasteiger partial charge in [0.1, 0.15) is 22.5 Å². The van der Waals surface area contributed by atoms with Crippen LogP contribution in [0, 0.1) is 11.8 Å². The number of ether oxygens (including phenoxy) is 3. The van der Waals surface area contributed by atoms with Crippen LogP contribution in [-0.4, -0.2) is 77.9 Å². The van der Waals surface area contributed by atoms with E-state index >= 15 is 0 Å². The number of carbonyl (C=O) groups is 3. The second kappa shape index (κ2) is 12.4. The maximum atomic E-state index is 13.3. The molecule has 2 heterocycles. The number of piperidine rings is 1. The Balaban J connectivity index is 2.56. The summed E-state index contributed by atoms with van der Waals surface area (Å²) in [5.74, 6) is -1.82. The highest BCUT2D eigenvalue weighted by molar-refractivity contribution is 7.85. The van der Waals surface area contributed by atoms with E-state index in [4.69, 9.17) is 14.2 Å². The molecule has 0 bridgehead atoms. The molecule has 0 radical (unpaired) electrons. The van der Waals surface area contributed by atoms with Gasteiger partial charge in [-0.2, -0.15) is 4.90 Å². The van der Waals surface area contributed by atoms with Crippen LogP contribution < -0.4 is 15.1 Å². The average Bonchev–Trinajstić information content (AvgIpc) is 2.71. The molecule has 1 saturated heterocycles. The van der Waals surface area contributed by atoms with Crippen molar-refractivity contribution in [1.82, 2.24) is 10.3 Å². The molecular weight excluding hydrogens is 556 g/mol. The third kappa shape index (κ3) is 11.0. The fraction of sp³-hybridized carbons (Fsp3) is 0.704. The van der Waals surface area contributed by atoms with Crippen molar-refractivity contribution >= 4 is 39.8 Å². The molecule has 232 valence electrons. The number of hydrogen-bond donors (Lipinski definition) is 1. The average molecular weight is 600 g/mol. The Bertz CT molecular complexity index is 1190. The second-order valence-corrected chi connectivity index (χ2v) is 14.6. The minimum atomic E-state index is -4.62. The molecule has 1 aromatic rings. The molecule has 13 nitrogen and oxygen atoms in total. The first-order valence-corrected chi connectivity index (χ1v) is 14.9. The van der Waals surface area contributed by atoms with E-state index in [0.717, 1.165) is 4.90 Å². The van der Waals surface area contributed by atoms with Crippen molar-refractivity contribution < 1.29 is 41.6 Å². The minimum absolute atomic E-state index is 0.0389. The topological polar surface area (TPSA) is 168 Å². The molecule has 0 aromatic carbocycles. The molecule has 2 rings (SSSR count). The number of hydrogen-bond acceptors (Lipinski definition) is 11. The first-order valence-electron chi connectivity index (χ1n) is 13.3. The normalized spacial score (nSPS) is 20.2. The Kier molecular flexibility index (Phi) is 10.3. The Morgan fingerprint density at radius 1 is 0.976 bits per heavy atom. The van der Waals surface area contributed by atoms with Crippen LogP contribution in [0.1, 0.15) is 69.2 Å². The maximum absolute atomic E-state index is 13.3. The molecule has 41 heavy (non-hydrogen) atoms. The highest BCUT2D eigenvalue weighted by atomic mass is 32.2. The monoisotopic (exact) mass is 599 g/mol. The number of nitrogens with zero attached hydrogens (tertiary/aromatic N) is 3. The standard InChI is InChI=1S/C27H44N4O9S/c1-17-14-30(15-19(18(17)16-41(35,36)37)29-22(32)38-25(2,3)4)20-11-12-28-13-21(20)31(23(33)39-26(5,6)7)24(34)40-27(8,9)10/h11-13,17-19H,14-16H2,1-10H3,(H,29,32)(H,35,36,37)/p-1/t17-,18-,19+/m1/s1. The molecule has 3 amide bonds. The van der Waals surface area contributed by atoms with Gasteiger partial charge in [-0.25, -0.2) is 22.8 Å². The van der Waals surface area contributed by atoms with E-state index in [-0.39, 0.29) is 18.8 Å². The van der Waals surface area contributed by atoms with Crippen molar-refractivity contribution in [3.05, 3.63) is 18.5 Å². The van der Waals surface area contributed by atoms with E-state index in [1.54, 1.807) is 80.2 Å². The number of imide groups is 1. The molecule has 1 fully saturated rings. The molecule has 1 aromatic heterocycles. The zero-order valence-corrected chi connectivity index (χ0v) is 26.3. The third-order valence-electron chi connectivity index (χ3n) is 5.78. The number of anilines is 2. The predicted octanol–water partition coefficient (Wildman–Crippen LogP) is 4.27. The second-order valence-electron chi connectivity index (χ2n) is 13.2. The Morgan fingerprint density at radius 3 is 1.95 bits per heavy atom. The van der Waals surface area contributed by atoms with Gasteiger partial charge >= 0.3 is 18.3 Å². The molecule has 1 aliphatic rings. The van der Waals surface area contributed by atoms with Crippen LogP contribution in [-0.2, 0) is 24.3 Å². The smallest absolute Gasteiger partial charge is 0.424 e. The van der Waals surface area contributed by atoms with Gasteiger partial charge in [0.05, 0.1) is 28.0 Å². The van der Waals surface area contributed by atoms with Crippen LogP contribution in [0.4, 0.5) is 25.8 Å². The molecule has 0 unspecified atom stereocenters. The number of rotatable bonds is 5. The van der Waals surface area contributed by atoms with Crippen LogP contribution in [0.15, 0.2) is 18.5 Å². The molecule has 0 spiro atoms. The molecular formula is C27H43N4O9S-. The number of aromatic nitrogens is 1. The quantitative estimate of drug-likeness (QED) is 0.379. The highest BCUT2D eigenvalue weighted by Crippen LogP contribution is 2.36. The van der Waals surface area contributed by atoms with Crippen molar-refractivity contribution in [2.45, 2.75) is 92.1 Å². The summed E-state index contributed by atoms with van der Waals surface area (Å²) in [6.07, 6.45) is 0.0490. The summed E-state index contributed by atoms with van der Waals surface area (Å²) in [7, 11) is -4.62. The van der Waals surface area contributed by atoms with Gasteiger partial charge in [0.2, 0.25) is 0 Å². The molecule has 1 aliphatic heterocycles. The fourth-order valence-electron chi connectivity index (χ4n) is 4.36. The van der Waals surface area contributed by atoms with Gasteiger partial charge in [-0.3, -0.25) is 4.98 Å². The number of alkyl carbamates (subject to hydrolysis) is 1. The maximum Gasteiger partial charge on any atom is 0.424 e. The fourth-order valence-corrected chi connectivity index (χ4v) is 5.39. The lowest BCUT2D eigenvalue weighted by Crippen LogP contribution is -2.58. The van der Waals surface area contributed by atoms with Crippen LogP contribution >= 0.6 is 0 Å². The molecule has 0 aliphatic carbocycles. The Hall–Kier alpha value is -3.13. The SMILES string of the molecule is C[C@@H]1CN(c2ccncc2N(C(=O)OC(C)(C)C)C(=O)OC(C)(C)C)C[C@H](NC(=O)OC(C)(C)C)[C@@H]1CS(=O)(=O)[O-]. The van der Waals surface area contributed by atoms with Crippen LogP contribution in [0.3, 0.4) is 0 Å². The van der Waals surface area contributed by atoms with Gasteiger partial charge in [-0.15, -0.1) is 0 Å². The largest absolute Gasteiger partial charge is 0.748 e. The summed E-state index contributed by atoms with van der Waals surface area (Å²) in [5.41, 5.74) is -2.24. The molecule has 0 saturated carbocycles. The summed E-state index contributed by atoms with van der Waals surface area (Å²) in [6.45, 7) is 17.0. The Labute approximate surface area is 242 Å². The van der Waals surface area contributed by atoms with Crippen molar-refractivity contribution in [3.8, 4) is 0 Å². The van der Waals surface area contributed by atoms with Crippen molar-refractivity contribution in [3.63, 3.8) is 0 Å². The highest BCUT2D eigenvalue weighted by Gasteiger charge is 2.40. The lowest BCUT2D eigenvalue weighted by Gasteiger charge is -2.45. The van der Waals surface area contributed by atoms with Crippen LogP contribution in [0.2, 0.25) is 0 Å². The van der Waals surface area contributed by atoms with E-state index in [0.29, 0.717) is 5.69 Å². The van der Waals surface area contributed by atoms with E-state index < -0.39 is 68.8 Å². The Morgan fingerprint density at radius 2 is 1.49 bits per heavy atom.